The molecule has 0 N–H and O–H groups in total. The normalized spacial score (nSPS) is 41.0. The van der Waals surface area contributed by atoms with Crippen LogP contribution < -0.4 is 4.90 Å². The highest BCUT2D eigenvalue weighted by Crippen LogP contribution is 2.60. The molecular formula is C15H14Br2N2O2. The molecule has 3 fully saturated rings. The number of aryl methyl sites for hydroxylation is 1. The third-order valence-electron chi connectivity index (χ3n) is 5.18. The number of imide groups is 1. The maximum Gasteiger partial charge on any atom is 0.239 e. The van der Waals surface area contributed by atoms with E-state index >= 15 is 0 Å². The van der Waals surface area contributed by atoms with E-state index in [1.807, 2.05) is 19.1 Å². The molecule has 1 saturated heterocycles. The number of hydrogen-bond acceptors (Lipinski definition) is 3. The largest absolute Gasteiger partial charge is 0.274 e. The highest BCUT2D eigenvalue weighted by Gasteiger charge is 2.66. The average molecular weight is 414 g/mol. The zero-order valence-electron chi connectivity index (χ0n) is 11.4. The van der Waals surface area contributed by atoms with E-state index < -0.39 is 0 Å². The topological polar surface area (TPSA) is 50.3 Å². The third-order valence-corrected chi connectivity index (χ3v) is 8.39. The van der Waals surface area contributed by atoms with Gasteiger partial charge in [-0.05, 0) is 36.8 Å². The van der Waals surface area contributed by atoms with Crippen LogP contribution in [-0.4, -0.2) is 26.5 Å². The van der Waals surface area contributed by atoms with E-state index in [1.54, 1.807) is 6.20 Å². The van der Waals surface area contributed by atoms with Gasteiger partial charge in [-0.2, -0.15) is 0 Å². The number of carbonyl (C=O) groups is 2. The number of alkyl halides is 2. The Morgan fingerprint density at radius 1 is 1.14 bits per heavy atom. The fourth-order valence-electron chi connectivity index (χ4n) is 4.27. The molecule has 0 spiro atoms. The maximum atomic E-state index is 12.8. The molecule has 2 saturated carbocycles. The average Bonchev–Trinajstić information content (AvgIpc) is 3.06. The summed E-state index contributed by atoms with van der Waals surface area (Å²) in [4.78, 5) is 31.8. The molecule has 2 amide bonds. The van der Waals surface area contributed by atoms with E-state index in [0.717, 1.165) is 12.0 Å². The molecule has 2 heterocycles. The van der Waals surface area contributed by atoms with Gasteiger partial charge in [-0.3, -0.25) is 9.59 Å². The monoisotopic (exact) mass is 412 g/mol. The molecule has 0 unspecified atom stereocenters. The lowest BCUT2D eigenvalue weighted by Crippen LogP contribution is -2.37. The van der Waals surface area contributed by atoms with E-state index in [4.69, 9.17) is 0 Å². The van der Waals surface area contributed by atoms with Gasteiger partial charge in [-0.1, -0.05) is 37.9 Å². The standard InChI is InChI=1S/C15H14Br2N2O2/c1-6-3-2-4-18-13(6)19-14(20)9-7-5-8(10(9)15(19)21)12(17)11(7)16/h2-4,7-12H,5H2,1H3/t7-,8-,9-,10+,11+,12+/m1/s1. The van der Waals surface area contributed by atoms with Gasteiger partial charge >= 0.3 is 0 Å². The van der Waals surface area contributed by atoms with Crippen LogP contribution in [-0.2, 0) is 9.59 Å². The fourth-order valence-corrected chi connectivity index (χ4v) is 6.14. The number of pyridine rings is 1. The minimum Gasteiger partial charge on any atom is -0.274 e. The Morgan fingerprint density at radius 2 is 1.71 bits per heavy atom. The van der Waals surface area contributed by atoms with Gasteiger partial charge in [-0.15, -0.1) is 0 Å². The van der Waals surface area contributed by atoms with E-state index in [1.165, 1.54) is 4.90 Å². The molecule has 0 aromatic carbocycles. The number of halogens is 2. The van der Waals surface area contributed by atoms with Gasteiger partial charge in [0, 0.05) is 15.9 Å². The second-order valence-corrected chi connectivity index (χ2v) is 8.27. The summed E-state index contributed by atoms with van der Waals surface area (Å²) in [7, 11) is 0. The molecule has 3 aliphatic rings. The summed E-state index contributed by atoms with van der Waals surface area (Å²) in [6, 6.07) is 3.70. The number of nitrogens with zero attached hydrogens (tertiary/aromatic N) is 2. The van der Waals surface area contributed by atoms with Gasteiger partial charge < -0.3 is 0 Å². The van der Waals surface area contributed by atoms with Crippen molar-refractivity contribution in [3.8, 4) is 0 Å². The molecule has 0 radical (unpaired) electrons. The minimum atomic E-state index is -0.179. The van der Waals surface area contributed by atoms with Crippen LogP contribution in [0.15, 0.2) is 18.3 Å². The highest BCUT2D eigenvalue weighted by atomic mass is 79.9. The fraction of sp³-hybridized carbons (Fsp3) is 0.533. The summed E-state index contributed by atoms with van der Waals surface area (Å²) in [5, 5.41) is 0. The van der Waals surface area contributed by atoms with Crippen LogP contribution in [0.2, 0.25) is 0 Å². The molecule has 21 heavy (non-hydrogen) atoms. The molecule has 6 heteroatoms. The number of rotatable bonds is 1. The third kappa shape index (κ3) is 1.69. The lowest BCUT2D eigenvalue weighted by molar-refractivity contribution is -0.123. The molecule has 1 aliphatic heterocycles. The van der Waals surface area contributed by atoms with Gasteiger partial charge in [-0.25, -0.2) is 9.88 Å². The first-order chi connectivity index (χ1) is 10.0. The van der Waals surface area contributed by atoms with Crippen molar-refractivity contribution in [3.05, 3.63) is 23.9 Å². The van der Waals surface area contributed by atoms with Crippen LogP contribution in [0.3, 0.4) is 0 Å². The second kappa shape index (κ2) is 4.62. The van der Waals surface area contributed by atoms with Crippen molar-refractivity contribution in [1.29, 1.82) is 0 Å². The van der Waals surface area contributed by atoms with E-state index in [0.29, 0.717) is 5.82 Å². The van der Waals surface area contributed by atoms with Crippen molar-refractivity contribution >= 4 is 49.5 Å². The SMILES string of the molecule is Cc1cccnc1N1C(=O)[C@@H]2[C@H]3C[C@@H]([C@H](Br)[C@H]3Br)[C@@H]2C1=O. The van der Waals surface area contributed by atoms with Gasteiger partial charge in [0.25, 0.3) is 0 Å². The predicted octanol–water partition coefficient (Wildman–Crippen LogP) is 2.67. The summed E-state index contributed by atoms with van der Waals surface area (Å²) in [6.45, 7) is 1.88. The summed E-state index contributed by atoms with van der Waals surface area (Å²) in [5.74, 6) is 0.499. The molecule has 4 rings (SSSR count). The Hall–Kier alpha value is -0.750. The van der Waals surface area contributed by atoms with Crippen LogP contribution >= 0.6 is 31.9 Å². The zero-order valence-corrected chi connectivity index (χ0v) is 14.5. The Labute approximate surface area is 139 Å². The predicted molar refractivity (Wildman–Crippen MR) is 85.5 cm³/mol. The second-order valence-electron chi connectivity index (χ2n) is 6.16. The number of carbonyl (C=O) groups excluding carboxylic acids is 2. The molecule has 2 aliphatic carbocycles. The van der Waals surface area contributed by atoms with Gasteiger partial charge in [0.1, 0.15) is 5.82 Å². The van der Waals surface area contributed by atoms with Crippen LogP contribution in [0.1, 0.15) is 12.0 Å². The summed E-state index contributed by atoms with van der Waals surface area (Å²) in [5.41, 5.74) is 0.859. The summed E-state index contributed by atoms with van der Waals surface area (Å²) >= 11 is 7.38. The molecule has 110 valence electrons. The number of hydrogen-bond donors (Lipinski definition) is 0. The van der Waals surface area contributed by atoms with E-state index in [-0.39, 0.29) is 45.1 Å². The molecule has 4 nitrogen and oxygen atoms in total. The molecule has 2 bridgehead atoms. The lowest BCUT2D eigenvalue weighted by atomic mass is 9.81. The van der Waals surface area contributed by atoms with Crippen LogP contribution in [0.5, 0.6) is 0 Å². The van der Waals surface area contributed by atoms with Crippen LogP contribution in [0, 0.1) is 30.6 Å². The summed E-state index contributed by atoms with van der Waals surface area (Å²) in [6.07, 6.45) is 2.58. The highest BCUT2D eigenvalue weighted by molar-refractivity contribution is 9.12. The Bertz CT molecular complexity index is 618. The summed E-state index contributed by atoms with van der Waals surface area (Å²) < 4.78 is 0. The van der Waals surface area contributed by atoms with Crippen LogP contribution in [0.25, 0.3) is 0 Å². The van der Waals surface area contributed by atoms with Crippen molar-refractivity contribution in [2.45, 2.75) is 23.0 Å². The molecule has 6 atom stereocenters. The number of amides is 2. The Balaban J connectivity index is 1.77. The van der Waals surface area contributed by atoms with Crippen LogP contribution in [0.4, 0.5) is 5.82 Å². The van der Waals surface area contributed by atoms with Crippen molar-refractivity contribution in [2.24, 2.45) is 23.7 Å². The minimum absolute atomic E-state index is 0.0665. The first-order valence-electron chi connectivity index (χ1n) is 7.10. The van der Waals surface area contributed by atoms with Gasteiger partial charge in [0.05, 0.1) is 11.8 Å². The zero-order chi connectivity index (χ0) is 14.9. The maximum absolute atomic E-state index is 12.8. The van der Waals surface area contributed by atoms with Crippen molar-refractivity contribution in [2.75, 3.05) is 4.90 Å². The molecule has 1 aromatic rings. The van der Waals surface area contributed by atoms with Crippen molar-refractivity contribution < 1.29 is 9.59 Å². The quantitative estimate of drug-likeness (QED) is 0.525. The molecule has 1 aromatic heterocycles. The van der Waals surface area contributed by atoms with Crippen molar-refractivity contribution in [3.63, 3.8) is 0 Å². The number of fused-ring (bicyclic) bond motifs is 5. The number of anilines is 1. The number of aromatic nitrogens is 1. The molecular weight excluding hydrogens is 400 g/mol. The van der Waals surface area contributed by atoms with Gasteiger partial charge in [0.15, 0.2) is 0 Å². The Kier molecular flexibility index (Phi) is 3.05. The smallest absolute Gasteiger partial charge is 0.239 e. The first kappa shape index (κ1) is 13.9. The van der Waals surface area contributed by atoms with Gasteiger partial charge in [0.2, 0.25) is 11.8 Å². The van der Waals surface area contributed by atoms with E-state index in [2.05, 4.69) is 36.8 Å². The lowest BCUT2D eigenvalue weighted by Gasteiger charge is -2.28. The van der Waals surface area contributed by atoms with Crippen molar-refractivity contribution in [1.82, 2.24) is 4.98 Å². The Morgan fingerprint density at radius 3 is 2.24 bits per heavy atom. The van der Waals surface area contributed by atoms with E-state index in [9.17, 15) is 9.59 Å². The first-order valence-corrected chi connectivity index (χ1v) is 8.93.